The quantitative estimate of drug-likeness (QED) is 0.565. The molecule has 7 nitrogen and oxygen atoms in total. The molecule has 0 aliphatic carbocycles. The second-order valence-electron chi connectivity index (χ2n) is 7.80. The number of benzene rings is 1. The van der Waals surface area contributed by atoms with E-state index in [-0.39, 0.29) is 18.1 Å². The van der Waals surface area contributed by atoms with E-state index in [9.17, 15) is 4.79 Å². The van der Waals surface area contributed by atoms with Crippen molar-refractivity contribution in [3.8, 4) is 0 Å². The molecule has 1 aliphatic heterocycles. The smallest absolute Gasteiger partial charge is 0.242 e. The van der Waals surface area contributed by atoms with Crippen LogP contribution in [0.2, 0.25) is 4.34 Å². The first-order valence-electron chi connectivity index (χ1n) is 10.4. The van der Waals surface area contributed by atoms with Gasteiger partial charge in [-0.1, -0.05) is 23.7 Å². The Morgan fingerprint density at radius 2 is 2.16 bits per heavy atom. The highest BCUT2D eigenvalue weighted by molar-refractivity contribution is 7.16. The fourth-order valence-electron chi connectivity index (χ4n) is 3.99. The van der Waals surface area contributed by atoms with Crippen LogP contribution in [0, 0.1) is 0 Å². The van der Waals surface area contributed by atoms with Gasteiger partial charge in [0.2, 0.25) is 5.91 Å². The first-order valence-corrected chi connectivity index (χ1v) is 11.6. The van der Waals surface area contributed by atoms with Crippen molar-refractivity contribution in [2.45, 2.75) is 25.6 Å². The SMILES string of the molecule is COC(C)[C@H]1C(=O)N(Cc2ccc3c(N)ncnc3c2)CCN1CC=Cc1ccc(Cl)s1. The maximum absolute atomic E-state index is 13.4. The van der Waals surface area contributed by atoms with E-state index in [0.29, 0.717) is 25.5 Å². The zero-order valence-electron chi connectivity index (χ0n) is 18.1. The van der Waals surface area contributed by atoms with Gasteiger partial charge in [0, 0.05) is 43.6 Å². The fourth-order valence-corrected chi connectivity index (χ4v) is 4.99. The van der Waals surface area contributed by atoms with Crippen LogP contribution in [-0.4, -0.2) is 64.6 Å². The van der Waals surface area contributed by atoms with Crippen molar-refractivity contribution < 1.29 is 9.53 Å². The van der Waals surface area contributed by atoms with Crippen LogP contribution in [0.5, 0.6) is 0 Å². The van der Waals surface area contributed by atoms with Gasteiger partial charge < -0.3 is 15.4 Å². The summed E-state index contributed by atoms with van der Waals surface area (Å²) >= 11 is 7.54. The van der Waals surface area contributed by atoms with Crippen molar-refractivity contribution >= 4 is 51.6 Å². The Bertz CT molecular complexity index is 1130. The number of hydrogen-bond donors (Lipinski definition) is 1. The van der Waals surface area contributed by atoms with Gasteiger partial charge in [0.05, 0.1) is 16.0 Å². The van der Waals surface area contributed by atoms with E-state index in [1.807, 2.05) is 48.2 Å². The van der Waals surface area contributed by atoms with Crippen molar-refractivity contribution in [3.05, 3.63) is 57.5 Å². The van der Waals surface area contributed by atoms with E-state index < -0.39 is 0 Å². The molecule has 0 bridgehead atoms. The number of carbonyl (C=O) groups excluding carboxylic acids is 1. The van der Waals surface area contributed by atoms with Crippen molar-refractivity contribution in [1.29, 1.82) is 0 Å². The van der Waals surface area contributed by atoms with E-state index in [4.69, 9.17) is 22.1 Å². The molecule has 1 aromatic carbocycles. The number of piperazine rings is 1. The summed E-state index contributed by atoms with van der Waals surface area (Å²) in [4.78, 5) is 26.9. The number of nitrogens with zero attached hydrogens (tertiary/aromatic N) is 4. The van der Waals surface area contributed by atoms with Crippen molar-refractivity contribution in [1.82, 2.24) is 19.8 Å². The van der Waals surface area contributed by atoms with Gasteiger partial charge in [0.25, 0.3) is 0 Å². The van der Waals surface area contributed by atoms with Crippen LogP contribution in [-0.2, 0) is 16.1 Å². The van der Waals surface area contributed by atoms with Crippen LogP contribution in [0.1, 0.15) is 17.4 Å². The fraction of sp³-hybridized carbons (Fsp3) is 0.348. The Morgan fingerprint density at radius 1 is 1.31 bits per heavy atom. The second kappa shape index (κ2) is 9.95. The molecule has 4 rings (SSSR count). The van der Waals surface area contributed by atoms with Crippen LogP contribution in [0.15, 0.2) is 42.7 Å². The lowest BCUT2D eigenvalue weighted by atomic mass is 10.0. The topological polar surface area (TPSA) is 84.6 Å². The number of rotatable bonds is 7. The van der Waals surface area contributed by atoms with Crippen LogP contribution in [0.3, 0.4) is 0 Å². The van der Waals surface area contributed by atoms with Crippen molar-refractivity contribution in [2.75, 3.05) is 32.5 Å². The minimum atomic E-state index is -0.344. The summed E-state index contributed by atoms with van der Waals surface area (Å²) in [6.07, 6.45) is 5.36. The lowest BCUT2D eigenvalue weighted by molar-refractivity contribution is -0.148. The third kappa shape index (κ3) is 4.94. The molecule has 0 spiro atoms. The Kier molecular flexibility index (Phi) is 7.05. The lowest BCUT2D eigenvalue weighted by Gasteiger charge is -2.42. The number of thiophene rings is 1. The Morgan fingerprint density at radius 3 is 2.91 bits per heavy atom. The van der Waals surface area contributed by atoms with Crippen LogP contribution in [0.4, 0.5) is 5.82 Å². The summed E-state index contributed by atoms with van der Waals surface area (Å²) in [6, 6.07) is 9.39. The number of hydrogen-bond acceptors (Lipinski definition) is 7. The largest absolute Gasteiger partial charge is 0.383 e. The molecule has 32 heavy (non-hydrogen) atoms. The molecule has 3 aromatic rings. The molecule has 2 atom stereocenters. The predicted octanol–water partition coefficient (Wildman–Crippen LogP) is 3.69. The van der Waals surface area contributed by atoms with E-state index in [1.165, 1.54) is 17.7 Å². The summed E-state index contributed by atoms with van der Waals surface area (Å²) in [5, 5.41) is 0.817. The minimum Gasteiger partial charge on any atom is -0.383 e. The average Bonchev–Trinajstić information content (AvgIpc) is 3.20. The molecule has 2 N–H and O–H groups in total. The maximum Gasteiger partial charge on any atom is 0.242 e. The maximum atomic E-state index is 13.4. The number of fused-ring (bicyclic) bond motifs is 1. The molecule has 9 heteroatoms. The molecule has 1 fully saturated rings. The number of nitrogen functional groups attached to an aromatic ring is 1. The monoisotopic (exact) mass is 471 g/mol. The van der Waals surface area contributed by atoms with E-state index >= 15 is 0 Å². The number of anilines is 1. The van der Waals surface area contributed by atoms with E-state index in [1.54, 1.807) is 7.11 Å². The van der Waals surface area contributed by atoms with E-state index in [0.717, 1.165) is 32.2 Å². The molecular weight excluding hydrogens is 446 g/mol. The van der Waals surface area contributed by atoms with Crippen molar-refractivity contribution in [2.24, 2.45) is 0 Å². The Labute approximate surface area is 196 Å². The zero-order valence-corrected chi connectivity index (χ0v) is 19.6. The van der Waals surface area contributed by atoms with Gasteiger partial charge in [-0.15, -0.1) is 11.3 Å². The highest BCUT2D eigenvalue weighted by atomic mass is 35.5. The first kappa shape index (κ1) is 22.7. The number of ether oxygens (including phenoxy) is 1. The predicted molar refractivity (Wildman–Crippen MR) is 130 cm³/mol. The van der Waals surface area contributed by atoms with Gasteiger partial charge in [-0.2, -0.15) is 0 Å². The lowest BCUT2D eigenvalue weighted by Crippen LogP contribution is -2.60. The molecule has 1 saturated heterocycles. The Hall–Kier alpha value is -2.52. The molecule has 0 saturated carbocycles. The van der Waals surface area contributed by atoms with Gasteiger partial charge in [-0.3, -0.25) is 9.69 Å². The second-order valence-corrected chi connectivity index (χ2v) is 9.54. The van der Waals surface area contributed by atoms with Gasteiger partial charge >= 0.3 is 0 Å². The molecule has 2 aromatic heterocycles. The average molecular weight is 472 g/mol. The van der Waals surface area contributed by atoms with Crippen LogP contribution < -0.4 is 5.73 Å². The summed E-state index contributed by atoms with van der Waals surface area (Å²) in [6.45, 7) is 4.54. The molecule has 3 heterocycles. The number of aromatic nitrogens is 2. The third-order valence-electron chi connectivity index (χ3n) is 5.75. The summed E-state index contributed by atoms with van der Waals surface area (Å²) in [5.41, 5.74) is 7.72. The Balaban J connectivity index is 1.47. The minimum absolute atomic E-state index is 0.0699. The highest BCUT2D eigenvalue weighted by Gasteiger charge is 2.38. The standard InChI is InChI=1S/C23H26ClN5O2S/c1-15(31-2)21-23(30)29(11-10-28(21)9-3-4-17-6-8-20(24)32-17)13-16-5-7-18-19(12-16)26-14-27-22(18)25/h3-8,12,14-15,21H,9-11,13H2,1-2H3,(H2,25,26,27)/t15?,21-/m0/s1. The van der Waals surface area contributed by atoms with Gasteiger partial charge in [0.1, 0.15) is 18.2 Å². The molecule has 168 valence electrons. The molecule has 1 unspecified atom stereocenters. The summed E-state index contributed by atoms with van der Waals surface area (Å²) in [7, 11) is 1.64. The van der Waals surface area contributed by atoms with Crippen LogP contribution >= 0.6 is 22.9 Å². The van der Waals surface area contributed by atoms with Gasteiger partial charge in [-0.05, 0) is 42.8 Å². The first-order chi connectivity index (χ1) is 15.5. The molecule has 1 aliphatic rings. The highest BCUT2D eigenvalue weighted by Crippen LogP contribution is 2.24. The van der Waals surface area contributed by atoms with Gasteiger partial charge in [-0.25, -0.2) is 9.97 Å². The zero-order chi connectivity index (χ0) is 22.7. The summed E-state index contributed by atoms with van der Waals surface area (Å²) in [5.74, 6) is 0.526. The normalized spacial score (nSPS) is 18.7. The molecular formula is C23H26ClN5O2S. The third-order valence-corrected chi connectivity index (χ3v) is 6.95. The molecule has 0 radical (unpaired) electrons. The summed E-state index contributed by atoms with van der Waals surface area (Å²) < 4.78 is 6.33. The number of methoxy groups -OCH3 is 1. The van der Waals surface area contributed by atoms with Gasteiger partial charge in [0.15, 0.2) is 0 Å². The van der Waals surface area contributed by atoms with E-state index in [2.05, 4.69) is 20.9 Å². The molecule has 1 amide bonds. The number of halogens is 1. The number of carbonyl (C=O) groups is 1. The number of amides is 1. The number of nitrogens with two attached hydrogens (primary N) is 1. The van der Waals surface area contributed by atoms with Crippen LogP contribution in [0.25, 0.3) is 17.0 Å². The van der Waals surface area contributed by atoms with Crippen molar-refractivity contribution in [3.63, 3.8) is 0 Å².